The number of morpholine rings is 1. The molecule has 5 rings (SSSR count). The average Bonchev–Trinajstić information content (AvgIpc) is 3.24. The highest BCUT2D eigenvalue weighted by molar-refractivity contribution is 6.07. The lowest BCUT2D eigenvalue weighted by Crippen LogP contribution is -2.59. The van der Waals surface area contributed by atoms with Crippen molar-refractivity contribution in [1.29, 1.82) is 0 Å². The van der Waals surface area contributed by atoms with Gasteiger partial charge in [0.15, 0.2) is 0 Å². The Hall–Kier alpha value is -2.77. The van der Waals surface area contributed by atoms with Crippen molar-refractivity contribution >= 4 is 17.0 Å². The van der Waals surface area contributed by atoms with Gasteiger partial charge >= 0.3 is 0 Å². The number of nitrogens with zero attached hydrogens (tertiary/aromatic N) is 3. The van der Waals surface area contributed by atoms with Crippen molar-refractivity contribution in [3.8, 4) is 11.3 Å². The van der Waals surface area contributed by atoms with Crippen LogP contribution in [0, 0.1) is 6.92 Å². The molecule has 0 spiro atoms. The van der Waals surface area contributed by atoms with Crippen LogP contribution in [0.3, 0.4) is 0 Å². The molecule has 168 valence electrons. The lowest BCUT2D eigenvalue weighted by molar-refractivity contribution is -0.0361. The van der Waals surface area contributed by atoms with Crippen LogP contribution in [0.15, 0.2) is 40.9 Å². The summed E-state index contributed by atoms with van der Waals surface area (Å²) in [5.74, 6) is -0.0981. The molecule has 0 unspecified atom stereocenters. The van der Waals surface area contributed by atoms with Gasteiger partial charge in [0.1, 0.15) is 0 Å². The van der Waals surface area contributed by atoms with Gasteiger partial charge in [-0.1, -0.05) is 54.8 Å². The summed E-state index contributed by atoms with van der Waals surface area (Å²) in [6.07, 6.45) is 5.90. The number of benzene rings is 1. The van der Waals surface area contributed by atoms with Crippen LogP contribution in [-0.4, -0.2) is 59.3 Å². The van der Waals surface area contributed by atoms with Crippen molar-refractivity contribution in [3.63, 3.8) is 0 Å². The van der Waals surface area contributed by atoms with E-state index >= 15 is 0 Å². The van der Waals surface area contributed by atoms with Gasteiger partial charge in [0.05, 0.1) is 35.6 Å². The molecule has 3 heterocycles. The molecule has 1 saturated heterocycles. The Morgan fingerprint density at radius 2 is 1.88 bits per heavy atom. The number of carbonyl (C=O) groups is 1. The van der Waals surface area contributed by atoms with Gasteiger partial charge in [-0.2, -0.15) is 0 Å². The molecule has 2 aliphatic rings. The standard InChI is InChI=1S/C25H30N4O3/c1-18-22-20(16-21(27-24(22)32-28-18)19-8-4-2-5-9-19)23(30)26-17-25(10-6-3-7-11-25)29-12-14-31-15-13-29/h2,4-5,8-9,16H,3,6-7,10-15,17H2,1H3,(H,26,30). The fourth-order valence-corrected chi connectivity index (χ4v) is 5.22. The fourth-order valence-electron chi connectivity index (χ4n) is 5.22. The topological polar surface area (TPSA) is 80.5 Å². The number of hydrogen-bond donors (Lipinski definition) is 1. The van der Waals surface area contributed by atoms with E-state index in [-0.39, 0.29) is 11.4 Å². The van der Waals surface area contributed by atoms with E-state index in [2.05, 4.69) is 20.4 Å². The third-order valence-corrected chi connectivity index (χ3v) is 6.98. The molecule has 1 amide bonds. The first-order chi connectivity index (χ1) is 15.7. The van der Waals surface area contributed by atoms with Gasteiger partial charge < -0.3 is 14.6 Å². The zero-order valence-electron chi connectivity index (χ0n) is 18.6. The first kappa shape index (κ1) is 21.1. The van der Waals surface area contributed by atoms with Crippen LogP contribution in [0.2, 0.25) is 0 Å². The third kappa shape index (κ3) is 4.02. The van der Waals surface area contributed by atoms with Gasteiger partial charge in [-0.3, -0.25) is 9.69 Å². The predicted octanol–water partition coefficient (Wildman–Crippen LogP) is 3.96. The second kappa shape index (κ2) is 9.00. The maximum absolute atomic E-state index is 13.5. The van der Waals surface area contributed by atoms with Gasteiger partial charge in [-0.05, 0) is 25.8 Å². The molecule has 3 aromatic rings. The van der Waals surface area contributed by atoms with Gasteiger partial charge in [-0.25, -0.2) is 4.98 Å². The quantitative estimate of drug-likeness (QED) is 0.655. The van der Waals surface area contributed by atoms with E-state index in [1.54, 1.807) is 0 Å². The molecule has 7 nitrogen and oxygen atoms in total. The number of rotatable bonds is 5. The maximum atomic E-state index is 13.5. The Bertz CT molecular complexity index is 1080. The number of carbonyl (C=O) groups excluding carboxylic acids is 1. The van der Waals surface area contributed by atoms with Crippen molar-refractivity contribution < 1.29 is 14.1 Å². The summed E-state index contributed by atoms with van der Waals surface area (Å²) in [5, 5.41) is 8.03. The Labute approximate surface area is 188 Å². The van der Waals surface area contributed by atoms with Crippen LogP contribution < -0.4 is 5.32 Å². The maximum Gasteiger partial charge on any atom is 0.259 e. The number of aryl methyl sites for hydroxylation is 1. The largest absolute Gasteiger partial charge is 0.379 e. The Balaban J connectivity index is 1.44. The molecule has 1 saturated carbocycles. The lowest BCUT2D eigenvalue weighted by Gasteiger charge is -2.48. The molecule has 2 aromatic heterocycles. The van der Waals surface area contributed by atoms with Gasteiger partial charge in [-0.15, -0.1) is 0 Å². The Kier molecular flexibility index (Phi) is 5.93. The van der Waals surface area contributed by atoms with Crippen LogP contribution in [-0.2, 0) is 4.74 Å². The zero-order valence-corrected chi connectivity index (χ0v) is 18.6. The number of pyridine rings is 1. The summed E-state index contributed by atoms with van der Waals surface area (Å²) in [4.78, 5) is 20.7. The van der Waals surface area contributed by atoms with E-state index in [9.17, 15) is 4.79 Å². The predicted molar refractivity (Wildman–Crippen MR) is 123 cm³/mol. The molecule has 1 aliphatic heterocycles. The molecule has 32 heavy (non-hydrogen) atoms. The molecule has 2 fully saturated rings. The highest BCUT2D eigenvalue weighted by Gasteiger charge is 2.39. The normalized spacial score (nSPS) is 19.2. The first-order valence-electron chi connectivity index (χ1n) is 11.6. The number of ether oxygens (including phenoxy) is 1. The first-order valence-corrected chi connectivity index (χ1v) is 11.6. The highest BCUT2D eigenvalue weighted by Crippen LogP contribution is 2.34. The molecule has 1 aromatic carbocycles. The summed E-state index contributed by atoms with van der Waals surface area (Å²) in [6.45, 7) is 5.88. The zero-order chi connectivity index (χ0) is 22.0. The van der Waals surface area contributed by atoms with E-state index in [0.29, 0.717) is 34.6 Å². The van der Waals surface area contributed by atoms with Gasteiger partial charge in [0, 0.05) is 30.7 Å². The second-order valence-electron chi connectivity index (χ2n) is 8.94. The molecule has 0 atom stereocenters. The number of amides is 1. The minimum absolute atomic E-state index is 0.00971. The summed E-state index contributed by atoms with van der Waals surface area (Å²) in [7, 11) is 0. The molecule has 7 heteroatoms. The number of fused-ring (bicyclic) bond motifs is 1. The third-order valence-electron chi connectivity index (χ3n) is 6.98. The Morgan fingerprint density at radius 1 is 1.12 bits per heavy atom. The minimum atomic E-state index is -0.0981. The number of aromatic nitrogens is 2. The van der Waals surface area contributed by atoms with Gasteiger partial charge in [0.25, 0.3) is 11.6 Å². The van der Waals surface area contributed by atoms with E-state index < -0.39 is 0 Å². The van der Waals surface area contributed by atoms with E-state index in [0.717, 1.165) is 44.7 Å². The number of hydrogen-bond acceptors (Lipinski definition) is 6. The smallest absolute Gasteiger partial charge is 0.259 e. The van der Waals surface area contributed by atoms with Crippen molar-refractivity contribution in [2.75, 3.05) is 32.8 Å². The minimum Gasteiger partial charge on any atom is -0.379 e. The van der Waals surface area contributed by atoms with Crippen LogP contribution >= 0.6 is 0 Å². The lowest BCUT2D eigenvalue weighted by atomic mass is 9.79. The summed E-state index contributed by atoms with van der Waals surface area (Å²) in [5.41, 5.74) is 3.30. The van der Waals surface area contributed by atoms with Crippen molar-refractivity contribution in [2.45, 2.75) is 44.6 Å². The monoisotopic (exact) mass is 434 g/mol. The summed E-state index contributed by atoms with van der Waals surface area (Å²) in [6, 6.07) is 11.7. The van der Waals surface area contributed by atoms with Gasteiger partial charge in [0.2, 0.25) is 0 Å². The second-order valence-corrected chi connectivity index (χ2v) is 8.94. The van der Waals surface area contributed by atoms with Crippen molar-refractivity contribution in [3.05, 3.63) is 47.7 Å². The summed E-state index contributed by atoms with van der Waals surface area (Å²) >= 11 is 0. The SMILES string of the molecule is Cc1noc2nc(-c3ccccc3)cc(C(=O)NCC3(N4CCOCC4)CCCCC3)c12. The molecule has 0 radical (unpaired) electrons. The Morgan fingerprint density at radius 3 is 2.62 bits per heavy atom. The molecular weight excluding hydrogens is 404 g/mol. The average molecular weight is 435 g/mol. The van der Waals surface area contributed by atoms with E-state index in [1.165, 1.54) is 19.3 Å². The van der Waals surface area contributed by atoms with Crippen LogP contribution in [0.5, 0.6) is 0 Å². The summed E-state index contributed by atoms with van der Waals surface area (Å²) < 4.78 is 11.0. The highest BCUT2D eigenvalue weighted by atomic mass is 16.5. The van der Waals surface area contributed by atoms with Crippen LogP contribution in [0.25, 0.3) is 22.4 Å². The van der Waals surface area contributed by atoms with Crippen molar-refractivity contribution in [2.24, 2.45) is 0 Å². The van der Waals surface area contributed by atoms with Crippen molar-refractivity contribution in [1.82, 2.24) is 20.4 Å². The molecule has 1 aliphatic carbocycles. The van der Waals surface area contributed by atoms with Crippen LogP contribution in [0.4, 0.5) is 0 Å². The molecular formula is C25H30N4O3. The molecule has 1 N–H and O–H groups in total. The number of nitrogens with one attached hydrogen (secondary N) is 1. The fraction of sp³-hybridized carbons (Fsp3) is 0.480. The molecule has 0 bridgehead atoms. The van der Waals surface area contributed by atoms with E-state index in [1.807, 2.05) is 43.3 Å². The van der Waals surface area contributed by atoms with E-state index in [4.69, 9.17) is 9.26 Å². The van der Waals surface area contributed by atoms with Crippen LogP contribution in [0.1, 0.15) is 48.2 Å².